The van der Waals surface area contributed by atoms with E-state index in [1.54, 1.807) is 0 Å². The predicted octanol–water partition coefficient (Wildman–Crippen LogP) is 3.72. The Bertz CT molecular complexity index is 735. The molecule has 0 saturated heterocycles. The Morgan fingerprint density at radius 3 is 2.84 bits per heavy atom. The van der Waals surface area contributed by atoms with Crippen LogP contribution in [0.2, 0.25) is 0 Å². The number of aliphatic hydroxyl groups is 1. The second-order valence-corrected chi connectivity index (χ2v) is 7.63. The number of rotatable bonds is 6. The van der Waals surface area contributed by atoms with Gasteiger partial charge in [-0.3, -0.25) is 0 Å². The lowest BCUT2D eigenvalue weighted by atomic mass is 10.00. The third-order valence-electron chi connectivity index (χ3n) is 4.39. The van der Waals surface area contributed by atoms with E-state index in [-0.39, 0.29) is 12.5 Å². The van der Waals surface area contributed by atoms with Crippen molar-refractivity contribution in [1.82, 2.24) is 9.97 Å². The zero-order valence-electron chi connectivity index (χ0n) is 14.8. The molecule has 0 spiro atoms. The van der Waals surface area contributed by atoms with Crippen LogP contribution in [0.15, 0.2) is 28.7 Å². The van der Waals surface area contributed by atoms with E-state index < -0.39 is 0 Å². The Kier molecular flexibility index (Phi) is 5.91. The standard InChI is InChI=1S/C19H25BrN4O/c1-13(2)19-22-17(21-7-3-9-25)11-18(23-19)24-8-6-14-4-5-16(20)10-15(14)12-24/h4-5,10-11,13,25H,3,6-9,12H2,1-2H3,(H,21,22,23). The molecule has 1 aromatic carbocycles. The van der Waals surface area contributed by atoms with Gasteiger partial charge in [0.15, 0.2) is 0 Å². The number of nitrogens with zero attached hydrogens (tertiary/aromatic N) is 3. The van der Waals surface area contributed by atoms with Crippen molar-refractivity contribution in [3.63, 3.8) is 0 Å². The van der Waals surface area contributed by atoms with Gasteiger partial charge >= 0.3 is 0 Å². The van der Waals surface area contributed by atoms with E-state index >= 15 is 0 Å². The van der Waals surface area contributed by atoms with E-state index in [4.69, 9.17) is 10.1 Å². The van der Waals surface area contributed by atoms with Gasteiger partial charge in [0.1, 0.15) is 17.5 Å². The van der Waals surface area contributed by atoms with Gasteiger partial charge in [-0.2, -0.15) is 0 Å². The van der Waals surface area contributed by atoms with E-state index in [1.165, 1.54) is 11.1 Å². The fourth-order valence-electron chi connectivity index (χ4n) is 2.98. The summed E-state index contributed by atoms with van der Waals surface area (Å²) in [5.41, 5.74) is 2.76. The van der Waals surface area contributed by atoms with E-state index in [0.29, 0.717) is 13.0 Å². The molecule has 5 nitrogen and oxygen atoms in total. The maximum atomic E-state index is 8.98. The number of halogens is 1. The molecule has 2 heterocycles. The Balaban J connectivity index is 1.85. The van der Waals surface area contributed by atoms with Crippen LogP contribution in [-0.2, 0) is 13.0 Å². The molecule has 0 amide bonds. The van der Waals surface area contributed by atoms with Crippen LogP contribution in [0, 0.1) is 0 Å². The normalized spacial score (nSPS) is 13.9. The average Bonchev–Trinajstić information content (AvgIpc) is 2.61. The van der Waals surface area contributed by atoms with Gasteiger partial charge in [-0.05, 0) is 36.1 Å². The third-order valence-corrected chi connectivity index (χ3v) is 4.89. The smallest absolute Gasteiger partial charge is 0.135 e. The molecular weight excluding hydrogens is 380 g/mol. The van der Waals surface area contributed by atoms with Gasteiger partial charge in [-0.15, -0.1) is 0 Å². The maximum Gasteiger partial charge on any atom is 0.135 e. The predicted molar refractivity (Wildman–Crippen MR) is 105 cm³/mol. The minimum Gasteiger partial charge on any atom is -0.396 e. The van der Waals surface area contributed by atoms with Crippen LogP contribution in [0.3, 0.4) is 0 Å². The SMILES string of the molecule is CC(C)c1nc(NCCCO)cc(N2CCc3ccc(Br)cc3C2)n1. The summed E-state index contributed by atoms with van der Waals surface area (Å²) in [4.78, 5) is 11.7. The topological polar surface area (TPSA) is 61.3 Å². The van der Waals surface area contributed by atoms with Gasteiger partial charge in [0.2, 0.25) is 0 Å². The lowest BCUT2D eigenvalue weighted by Gasteiger charge is -2.30. The molecule has 0 saturated carbocycles. The molecule has 2 N–H and O–H groups in total. The number of anilines is 2. The lowest BCUT2D eigenvalue weighted by Crippen LogP contribution is -2.31. The minimum atomic E-state index is 0.180. The summed E-state index contributed by atoms with van der Waals surface area (Å²) in [7, 11) is 0. The van der Waals surface area contributed by atoms with Crippen LogP contribution in [0.1, 0.15) is 43.1 Å². The summed E-state index contributed by atoms with van der Waals surface area (Å²) >= 11 is 3.57. The second-order valence-electron chi connectivity index (χ2n) is 6.71. The van der Waals surface area contributed by atoms with Crippen molar-refractivity contribution in [2.45, 2.75) is 39.2 Å². The first-order valence-electron chi connectivity index (χ1n) is 8.83. The Labute approximate surface area is 157 Å². The first-order chi connectivity index (χ1) is 12.1. The van der Waals surface area contributed by atoms with Crippen LogP contribution in [-0.4, -0.2) is 34.8 Å². The molecule has 0 bridgehead atoms. The highest BCUT2D eigenvalue weighted by molar-refractivity contribution is 9.10. The number of hydrogen-bond acceptors (Lipinski definition) is 5. The number of benzene rings is 1. The van der Waals surface area contributed by atoms with Gasteiger partial charge in [0.05, 0.1) is 0 Å². The minimum absolute atomic E-state index is 0.180. The molecule has 0 unspecified atom stereocenters. The number of aliphatic hydroxyl groups excluding tert-OH is 1. The summed E-state index contributed by atoms with van der Waals surface area (Å²) in [6, 6.07) is 8.54. The lowest BCUT2D eigenvalue weighted by molar-refractivity contribution is 0.292. The molecule has 134 valence electrons. The van der Waals surface area contributed by atoms with Gasteiger partial charge in [-0.1, -0.05) is 35.8 Å². The summed E-state index contributed by atoms with van der Waals surface area (Å²) in [5, 5.41) is 12.3. The van der Waals surface area contributed by atoms with Crippen molar-refractivity contribution in [2.24, 2.45) is 0 Å². The number of hydrogen-bond donors (Lipinski definition) is 2. The molecular formula is C19H25BrN4O. The Morgan fingerprint density at radius 2 is 2.08 bits per heavy atom. The highest BCUT2D eigenvalue weighted by Gasteiger charge is 2.19. The Hall–Kier alpha value is -1.66. The molecule has 1 aliphatic rings. The fraction of sp³-hybridized carbons (Fsp3) is 0.474. The van der Waals surface area contributed by atoms with E-state index in [0.717, 1.165) is 41.4 Å². The summed E-state index contributed by atoms with van der Waals surface area (Å²) in [6.45, 7) is 6.93. The second kappa shape index (κ2) is 8.15. The monoisotopic (exact) mass is 404 g/mol. The van der Waals surface area contributed by atoms with Gasteiger partial charge in [0.25, 0.3) is 0 Å². The van der Waals surface area contributed by atoms with Crippen molar-refractivity contribution >= 4 is 27.6 Å². The zero-order valence-corrected chi connectivity index (χ0v) is 16.4. The molecule has 2 aromatic rings. The first kappa shape index (κ1) is 18.1. The van der Waals surface area contributed by atoms with E-state index in [9.17, 15) is 0 Å². The van der Waals surface area contributed by atoms with Crippen molar-refractivity contribution in [3.8, 4) is 0 Å². The highest BCUT2D eigenvalue weighted by Crippen LogP contribution is 2.27. The average molecular weight is 405 g/mol. The van der Waals surface area contributed by atoms with Crippen LogP contribution < -0.4 is 10.2 Å². The molecule has 0 fully saturated rings. The molecule has 25 heavy (non-hydrogen) atoms. The molecule has 6 heteroatoms. The number of nitrogens with one attached hydrogen (secondary N) is 1. The third kappa shape index (κ3) is 4.50. The molecule has 0 aliphatic carbocycles. The van der Waals surface area contributed by atoms with Crippen LogP contribution >= 0.6 is 15.9 Å². The maximum absolute atomic E-state index is 8.98. The van der Waals surface area contributed by atoms with Crippen LogP contribution in [0.5, 0.6) is 0 Å². The van der Waals surface area contributed by atoms with Crippen molar-refractivity contribution in [1.29, 1.82) is 0 Å². The van der Waals surface area contributed by atoms with Gasteiger partial charge < -0.3 is 15.3 Å². The van der Waals surface area contributed by atoms with Gasteiger partial charge in [-0.25, -0.2) is 9.97 Å². The molecule has 0 atom stereocenters. The van der Waals surface area contributed by atoms with E-state index in [1.807, 2.05) is 6.07 Å². The number of aromatic nitrogens is 2. The van der Waals surface area contributed by atoms with Crippen molar-refractivity contribution in [3.05, 3.63) is 45.7 Å². The van der Waals surface area contributed by atoms with Crippen LogP contribution in [0.4, 0.5) is 11.6 Å². The molecule has 1 aliphatic heterocycles. The molecule has 0 radical (unpaired) electrons. The summed E-state index contributed by atoms with van der Waals surface area (Å²) in [6.07, 6.45) is 1.73. The highest BCUT2D eigenvalue weighted by atomic mass is 79.9. The number of fused-ring (bicyclic) bond motifs is 1. The summed E-state index contributed by atoms with van der Waals surface area (Å²) in [5.74, 6) is 2.92. The first-order valence-corrected chi connectivity index (χ1v) is 9.62. The van der Waals surface area contributed by atoms with Gasteiger partial charge in [0, 0.05) is 42.7 Å². The van der Waals surface area contributed by atoms with Crippen LogP contribution in [0.25, 0.3) is 0 Å². The zero-order chi connectivity index (χ0) is 17.8. The largest absolute Gasteiger partial charge is 0.396 e. The molecule has 1 aromatic heterocycles. The van der Waals surface area contributed by atoms with E-state index in [2.05, 4.69) is 63.2 Å². The van der Waals surface area contributed by atoms with Crippen molar-refractivity contribution < 1.29 is 5.11 Å². The fourth-order valence-corrected chi connectivity index (χ4v) is 3.39. The Morgan fingerprint density at radius 1 is 1.24 bits per heavy atom. The summed E-state index contributed by atoms with van der Waals surface area (Å²) < 4.78 is 1.12. The molecule has 3 rings (SSSR count). The van der Waals surface area contributed by atoms with Crippen molar-refractivity contribution in [2.75, 3.05) is 29.9 Å². The quantitative estimate of drug-likeness (QED) is 0.718.